The van der Waals surface area contributed by atoms with Gasteiger partial charge in [0.25, 0.3) is 0 Å². The maximum absolute atomic E-state index is 12.2. The molecule has 1 heterocycles. The Bertz CT molecular complexity index is 750. The Morgan fingerprint density at radius 1 is 1.29 bits per heavy atom. The molecule has 1 fully saturated rings. The Morgan fingerprint density at radius 2 is 2.08 bits per heavy atom. The molecule has 0 aliphatic heterocycles. The number of aromatic nitrogens is 4. The van der Waals surface area contributed by atoms with Gasteiger partial charge in [-0.2, -0.15) is 4.80 Å². The first-order valence-electron chi connectivity index (χ1n) is 8.88. The zero-order valence-electron chi connectivity index (χ0n) is 14.0. The predicted molar refractivity (Wildman–Crippen MR) is 89.4 cm³/mol. The fraction of sp³-hybridized carbons (Fsp3) is 0.556. The highest BCUT2D eigenvalue weighted by Crippen LogP contribution is 2.37. The van der Waals surface area contributed by atoms with E-state index in [0.717, 1.165) is 30.7 Å². The molecule has 0 bridgehead atoms. The number of hydrogen-bond donors (Lipinski definition) is 1. The van der Waals surface area contributed by atoms with Crippen molar-refractivity contribution in [2.24, 2.45) is 0 Å². The second kappa shape index (κ2) is 6.34. The van der Waals surface area contributed by atoms with Gasteiger partial charge >= 0.3 is 0 Å². The first-order chi connectivity index (χ1) is 11.7. The zero-order valence-corrected chi connectivity index (χ0v) is 14.0. The van der Waals surface area contributed by atoms with Crippen molar-refractivity contribution in [1.82, 2.24) is 25.5 Å². The molecule has 6 nitrogen and oxygen atoms in total. The molecule has 2 aliphatic carbocycles. The lowest BCUT2D eigenvalue weighted by Gasteiger charge is -2.20. The summed E-state index contributed by atoms with van der Waals surface area (Å²) in [6.07, 6.45) is 7.14. The molecule has 1 atom stereocenters. The van der Waals surface area contributed by atoms with E-state index >= 15 is 0 Å². The number of fused-ring (bicyclic) bond motifs is 1. The fourth-order valence-electron chi connectivity index (χ4n) is 3.35. The molecule has 1 aromatic carbocycles. The summed E-state index contributed by atoms with van der Waals surface area (Å²) in [4.78, 5) is 13.6. The van der Waals surface area contributed by atoms with Gasteiger partial charge in [0.15, 0.2) is 5.82 Å². The molecule has 24 heavy (non-hydrogen) atoms. The van der Waals surface area contributed by atoms with E-state index < -0.39 is 0 Å². The summed E-state index contributed by atoms with van der Waals surface area (Å²) >= 11 is 0. The van der Waals surface area contributed by atoms with Crippen LogP contribution < -0.4 is 5.32 Å². The fourth-order valence-corrected chi connectivity index (χ4v) is 3.35. The summed E-state index contributed by atoms with van der Waals surface area (Å²) in [5, 5.41) is 15.3. The van der Waals surface area contributed by atoms with Gasteiger partial charge in [-0.1, -0.05) is 18.2 Å². The van der Waals surface area contributed by atoms with E-state index in [1.165, 1.54) is 35.2 Å². The number of amides is 1. The molecule has 4 rings (SSSR count). The van der Waals surface area contributed by atoms with Gasteiger partial charge in [-0.15, -0.1) is 10.2 Å². The maximum atomic E-state index is 12.2. The predicted octanol–water partition coefficient (Wildman–Crippen LogP) is 2.31. The van der Waals surface area contributed by atoms with Gasteiger partial charge in [0.05, 0.1) is 6.04 Å². The highest BCUT2D eigenvalue weighted by Gasteiger charge is 2.28. The van der Waals surface area contributed by atoms with Crippen LogP contribution in [0.1, 0.15) is 67.1 Å². The first kappa shape index (κ1) is 15.3. The van der Waals surface area contributed by atoms with Crippen molar-refractivity contribution in [3.63, 3.8) is 0 Å². The van der Waals surface area contributed by atoms with Crippen molar-refractivity contribution < 1.29 is 4.79 Å². The largest absolute Gasteiger partial charge is 0.348 e. The lowest BCUT2D eigenvalue weighted by Crippen LogP contribution is -2.31. The van der Waals surface area contributed by atoms with Crippen LogP contribution in [0, 0.1) is 0 Å². The third-order valence-electron chi connectivity index (χ3n) is 4.95. The summed E-state index contributed by atoms with van der Waals surface area (Å²) in [6.45, 7) is 2.14. The van der Waals surface area contributed by atoms with E-state index in [-0.39, 0.29) is 18.5 Å². The van der Waals surface area contributed by atoms with Crippen LogP contribution in [0.4, 0.5) is 0 Å². The molecule has 6 heteroatoms. The molecule has 0 radical (unpaired) electrons. The van der Waals surface area contributed by atoms with Crippen LogP contribution in [0.2, 0.25) is 0 Å². The van der Waals surface area contributed by atoms with E-state index in [4.69, 9.17) is 0 Å². The van der Waals surface area contributed by atoms with Crippen molar-refractivity contribution in [1.29, 1.82) is 0 Å². The monoisotopic (exact) mass is 325 g/mol. The summed E-state index contributed by atoms with van der Waals surface area (Å²) in [6, 6.07) is 6.58. The first-order valence-corrected chi connectivity index (χ1v) is 8.88. The minimum atomic E-state index is -0.0834. The average molecular weight is 325 g/mol. The smallest absolute Gasteiger partial charge is 0.244 e. The van der Waals surface area contributed by atoms with Crippen molar-refractivity contribution in [3.05, 3.63) is 40.7 Å². The number of tetrazole rings is 1. The van der Waals surface area contributed by atoms with Crippen LogP contribution in [0.5, 0.6) is 0 Å². The summed E-state index contributed by atoms with van der Waals surface area (Å²) in [5.41, 5.74) is 4.06. The second-order valence-corrected chi connectivity index (χ2v) is 6.98. The molecular formula is C18H23N5O. The molecule has 0 spiro atoms. The van der Waals surface area contributed by atoms with Crippen LogP contribution in [0.15, 0.2) is 18.2 Å². The molecule has 1 aromatic heterocycles. The normalized spacial score (nSPS) is 18.0. The number of rotatable bonds is 5. The Morgan fingerprint density at radius 3 is 2.88 bits per heavy atom. The highest BCUT2D eigenvalue weighted by molar-refractivity contribution is 5.76. The van der Waals surface area contributed by atoms with Crippen LogP contribution >= 0.6 is 0 Å². The molecule has 0 saturated heterocycles. The second-order valence-electron chi connectivity index (χ2n) is 6.98. The Balaban J connectivity index is 1.37. The standard InChI is InChI=1S/C18H23N5O/c1-12(15-9-6-13-4-2-3-5-16(13)10-15)19-17(24)11-23-21-18(20-22-23)14-7-8-14/h6,9-10,12,14H,2-5,7-8,11H2,1H3,(H,19,24). The van der Waals surface area contributed by atoms with E-state index in [0.29, 0.717) is 5.92 Å². The van der Waals surface area contributed by atoms with Crippen LogP contribution in [-0.2, 0) is 24.2 Å². The van der Waals surface area contributed by atoms with Crippen molar-refractivity contribution in [3.8, 4) is 0 Å². The van der Waals surface area contributed by atoms with Gasteiger partial charge in [-0.05, 0) is 67.4 Å². The maximum Gasteiger partial charge on any atom is 0.244 e. The number of nitrogens with zero attached hydrogens (tertiary/aromatic N) is 4. The molecular weight excluding hydrogens is 302 g/mol. The molecule has 2 aliphatic rings. The van der Waals surface area contributed by atoms with E-state index in [1.54, 1.807) is 0 Å². The lowest BCUT2D eigenvalue weighted by atomic mass is 9.89. The van der Waals surface area contributed by atoms with Crippen LogP contribution in [0.3, 0.4) is 0 Å². The zero-order chi connectivity index (χ0) is 16.5. The van der Waals surface area contributed by atoms with Crippen LogP contribution in [-0.4, -0.2) is 26.1 Å². The number of carbonyl (C=O) groups is 1. The van der Waals surface area contributed by atoms with E-state index in [2.05, 4.69) is 38.9 Å². The lowest BCUT2D eigenvalue weighted by molar-refractivity contribution is -0.122. The van der Waals surface area contributed by atoms with E-state index in [9.17, 15) is 4.79 Å². The van der Waals surface area contributed by atoms with Gasteiger partial charge in [0, 0.05) is 5.92 Å². The molecule has 1 saturated carbocycles. The highest BCUT2D eigenvalue weighted by atomic mass is 16.2. The Kier molecular flexibility index (Phi) is 4.04. The van der Waals surface area contributed by atoms with Gasteiger partial charge in [-0.25, -0.2) is 0 Å². The third kappa shape index (κ3) is 3.32. The molecule has 2 aromatic rings. The van der Waals surface area contributed by atoms with Gasteiger partial charge < -0.3 is 5.32 Å². The topological polar surface area (TPSA) is 72.7 Å². The van der Waals surface area contributed by atoms with E-state index in [1.807, 2.05) is 6.92 Å². The van der Waals surface area contributed by atoms with Gasteiger partial charge in [-0.3, -0.25) is 4.79 Å². The molecule has 126 valence electrons. The molecule has 1 unspecified atom stereocenters. The average Bonchev–Trinajstić information content (AvgIpc) is 3.34. The summed E-state index contributed by atoms with van der Waals surface area (Å²) in [5.74, 6) is 1.14. The van der Waals surface area contributed by atoms with Crippen LogP contribution in [0.25, 0.3) is 0 Å². The SMILES string of the molecule is CC(NC(=O)Cn1nnc(C2CC2)n1)c1ccc2c(c1)CCCC2. The number of carbonyl (C=O) groups excluding carboxylic acids is 1. The van der Waals surface area contributed by atoms with Gasteiger partial charge in [0.1, 0.15) is 6.54 Å². The van der Waals surface area contributed by atoms with Crippen molar-refractivity contribution >= 4 is 5.91 Å². The number of benzene rings is 1. The van der Waals surface area contributed by atoms with Crippen molar-refractivity contribution in [2.75, 3.05) is 0 Å². The minimum absolute atomic E-state index is 0.0175. The molecule has 1 amide bonds. The number of hydrogen-bond acceptors (Lipinski definition) is 4. The summed E-state index contributed by atoms with van der Waals surface area (Å²) < 4.78 is 0. The Labute approximate surface area is 141 Å². The van der Waals surface area contributed by atoms with Crippen molar-refractivity contribution in [2.45, 2.75) is 64.0 Å². The quantitative estimate of drug-likeness (QED) is 0.915. The number of aryl methyl sites for hydroxylation is 2. The minimum Gasteiger partial charge on any atom is -0.348 e. The number of nitrogens with one attached hydrogen (secondary N) is 1. The van der Waals surface area contributed by atoms with Gasteiger partial charge in [0.2, 0.25) is 5.91 Å². The molecule has 1 N–H and O–H groups in total. The Hall–Kier alpha value is -2.24. The third-order valence-corrected chi connectivity index (χ3v) is 4.95. The summed E-state index contributed by atoms with van der Waals surface area (Å²) in [7, 11) is 0.